The van der Waals surface area contributed by atoms with Crippen LogP contribution >= 0.6 is 0 Å². The van der Waals surface area contributed by atoms with E-state index in [0.29, 0.717) is 5.92 Å². The van der Waals surface area contributed by atoms with Gasteiger partial charge in [-0.05, 0) is 36.5 Å². The maximum Gasteiger partial charge on any atom is 0.141 e. The zero-order chi connectivity index (χ0) is 18.7. The lowest BCUT2D eigenvalue weighted by atomic mass is 10.0. The van der Waals surface area contributed by atoms with E-state index in [2.05, 4.69) is 73.0 Å². The number of allylic oxidation sites excluding steroid dienone is 2. The predicted octanol–water partition coefficient (Wildman–Crippen LogP) is 5.71. The van der Waals surface area contributed by atoms with Crippen molar-refractivity contribution in [1.82, 2.24) is 14.9 Å². The average molecular weight is 345 g/mol. The molecule has 0 aliphatic rings. The molecule has 3 nitrogen and oxygen atoms in total. The maximum absolute atomic E-state index is 4.84. The molecule has 1 aromatic carbocycles. The highest BCUT2D eigenvalue weighted by Gasteiger charge is 2.18. The van der Waals surface area contributed by atoms with Gasteiger partial charge >= 0.3 is 0 Å². The van der Waals surface area contributed by atoms with Crippen LogP contribution in [0, 0.1) is 0 Å². The van der Waals surface area contributed by atoms with E-state index in [9.17, 15) is 0 Å². The number of fused-ring (bicyclic) bond motifs is 3. The molecule has 0 amide bonds. The molecule has 26 heavy (non-hydrogen) atoms. The summed E-state index contributed by atoms with van der Waals surface area (Å²) in [6.45, 7) is 12.3. The van der Waals surface area contributed by atoms with Crippen LogP contribution in [0.2, 0.25) is 0 Å². The van der Waals surface area contributed by atoms with Gasteiger partial charge in [0, 0.05) is 24.0 Å². The quantitative estimate of drug-likeness (QED) is 0.439. The second-order valence-electron chi connectivity index (χ2n) is 6.93. The van der Waals surface area contributed by atoms with Crippen LogP contribution in [0.25, 0.3) is 21.9 Å². The summed E-state index contributed by atoms with van der Waals surface area (Å²) in [5.74, 6) is 0.458. The number of rotatable bonds is 7. The number of hydrogen-bond donors (Lipinski definition) is 1. The Kier molecular flexibility index (Phi) is 5.29. The summed E-state index contributed by atoms with van der Waals surface area (Å²) in [5.41, 5.74) is 7.48. The molecule has 3 rings (SSSR count). The monoisotopic (exact) mass is 345 g/mol. The Balaban J connectivity index is 2.16. The second kappa shape index (κ2) is 7.63. The van der Waals surface area contributed by atoms with Crippen LogP contribution in [-0.4, -0.2) is 16.6 Å². The fourth-order valence-corrected chi connectivity index (χ4v) is 3.49. The van der Waals surface area contributed by atoms with Crippen molar-refractivity contribution in [2.75, 3.05) is 7.05 Å². The number of benzene rings is 1. The lowest BCUT2D eigenvalue weighted by Gasteiger charge is -2.18. The van der Waals surface area contributed by atoms with Crippen molar-refractivity contribution in [3.8, 4) is 0 Å². The van der Waals surface area contributed by atoms with E-state index >= 15 is 0 Å². The van der Waals surface area contributed by atoms with E-state index in [4.69, 9.17) is 4.98 Å². The topological polar surface area (TPSA) is 29.9 Å². The predicted molar refractivity (Wildman–Crippen MR) is 112 cm³/mol. The SMILES string of the molecule is C=C=C(CCC(C=C)n1c2ccccc2c2cc(C(C)C)cnc21)NC. The Hall–Kier alpha value is -2.77. The number of para-hydroxylation sites is 1. The van der Waals surface area contributed by atoms with E-state index < -0.39 is 0 Å². The minimum Gasteiger partial charge on any atom is -0.385 e. The van der Waals surface area contributed by atoms with E-state index in [1.165, 1.54) is 21.9 Å². The molecular formula is C23H27N3. The van der Waals surface area contributed by atoms with Crippen molar-refractivity contribution >= 4 is 21.9 Å². The largest absolute Gasteiger partial charge is 0.385 e. The van der Waals surface area contributed by atoms with Gasteiger partial charge in [0.15, 0.2) is 0 Å². The first-order chi connectivity index (χ1) is 12.6. The van der Waals surface area contributed by atoms with Crippen molar-refractivity contribution < 1.29 is 0 Å². The lowest BCUT2D eigenvalue weighted by molar-refractivity contribution is 0.575. The highest BCUT2D eigenvalue weighted by molar-refractivity contribution is 6.07. The molecule has 0 radical (unpaired) electrons. The Labute approximate surface area is 155 Å². The maximum atomic E-state index is 4.84. The first kappa shape index (κ1) is 18.0. The highest BCUT2D eigenvalue weighted by Crippen LogP contribution is 2.34. The van der Waals surface area contributed by atoms with Crippen molar-refractivity contribution in [1.29, 1.82) is 0 Å². The first-order valence-electron chi connectivity index (χ1n) is 9.18. The molecule has 0 saturated carbocycles. The lowest BCUT2D eigenvalue weighted by Crippen LogP contribution is -2.11. The molecule has 1 atom stereocenters. The zero-order valence-corrected chi connectivity index (χ0v) is 15.9. The standard InChI is InChI=1S/C23H27N3/c1-6-18(24-5)12-13-19(7-2)26-22-11-9-8-10-20(22)21-14-17(16(3)4)15-25-23(21)26/h7-11,14-16,19,24H,1-2,12-13H2,3-5H3. The van der Waals surface area contributed by atoms with Gasteiger partial charge in [0.1, 0.15) is 5.65 Å². The normalized spacial score (nSPS) is 12.3. The van der Waals surface area contributed by atoms with Crippen LogP contribution in [0.1, 0.15) is 44.2 Å². The minimum atomic E-state index is 0.159. The molecule has 1 N–H and O–H groups in total. The fraction of sp³-hybridized carbons (Fsp3) is 0.304. The van der Waals surface area contributed by atoms with Gasteiger partial charge in [0.25, 0.3) is 0 Å². The Bertz CT molecular complexity index is 987. The first-order valence-corrected chi connectivity index (χ1v) is 9.18. The molecule has 2 aromatic heterocycles. The van der Waals surface area contributed by atoms with Gasteiger partial charge in [0.05, 0.1) is 17.3 Å². The van der Waals surface area contributed by atoms with Crippen LogP contribution in [0.15, 0.2) is 67.2 Å². The Morgan fingerprint density at radius 1 is 1.31 bits per heavy atom. The van der Waals surface area contributed by atoms with Crippen molar-refractivity contribution in [3.63, 3.8) is 0 Å². The third kappa shape index (κ3) is 3.18. The summed E-state index contributed by atoms with van der Waals surface area (Å²) in [4.78, 5) is 4.84. The molecule has 3 heteroatoms. The number of pyridine rings is 1. The number of nitrogens with one attached hydrogen (secondary N) is 1. The summed E-state index contributed by atoms with van der Waals surface area (Å²) >= 11 is 0. The third-order valence-electron chi connectivity index (χ3n) is 5.05. The molecule has 0 spiro atoms. The molecule has 0 bridgehead atoms. The number of aromatic nitrogens is 2. The molecule has 2 heterocycles. The fourth-order valence-electron chi connectivity index (χ4n) is 3.49. The van der Waals surface area contributed by atoms with Gasteiger partial charge in [-0.1, -0.05) is 44.7 Å². The van der Waals surface area contributed by atoms with Crippen LogP contribution < -0.4 is 5.32 Å². The molecule has 0 fully saturated rings. The zero-order valence-electron chi connectivity index (χ0n) is 15.9. The van der Waals surface area contributed by atoms with Gasteiger partial charge in [0.2, 0.25) is 0 Å². The van der Waals surface area contributed by atoms with Crippen molar-refractivity contribution in [2.24, 2.45) is 0 Å². The van der Waals surface area contributed by atoms with Gasteiger partial charge in [-0.25, -0.2) is 4.98 Å². The van der Waals surface area contributed by atoms with E-state index in [1.54, 1.807) is 0 Å². The summed E-state index contributed by atoms with van der Waals surface area (Å²) in [5, 5.41) is 5.62. The third-order valence-corrected chi connectivity index (χ3v) is 5.05. The summed E-state index contributed by atoms with van der Waals surface area (Å²) < 4.78 is 2.32. The van der Waals surface area contributed by atoms with Gasteiger partial charge < -0.3 is 9.88 Å². The van der Waals surface area contributed by atoms with Crippen molar-refractivity contribution in [2.45, 2.75) is 38.6 Å². The average Bonchev–Trinajstić information content (AvgIpc) is 2.99. The van der Waals surface area contributed by atoms with E-state index in [-0.39, 0.29) is 6.04 Å². The summed E-state index contributed by atoms with van der Waals surface area (Å²) in [6, 6.07) is 11.0. The van der Waals surface area contributed by atoms with E-state index in [1.807, 2.05) is 19.3 Å². The van der Waals surface area contributed by atoms with Gasteiger partial charge in [-0.15, -0.1) is 12.3 Å². The van der Waals surface area contributed by atoms with E-state index in [0.717, 1.165) is 24.2 Å². The molecule has 0 aliphatic carbocycles. The summed E-state index contributed by atoms with van der Waals surface area (Å²) in [7, 11) is 1.91. The Morgan fingerprint density at radius 3 is 2.73 bits per heavy atom. The summed E-state index contributed by atoms with van der Waals surface area (Å²) in [6.07, 6.45) is 5.81. The number of hydrogen-bond acceptors (Lipinski definition) is 2. The van der Waals surface area contributed by atoms with Gasteiger partial charge in [-0.3, -0.25) is 0 Å². The second-order valence-corrected chi connectivity index (χ2v) is 6.93. The minimum absolute atomic E-state index is 0.159. The molecule has 0 aliphatic heterocycles. The van der Waals surface area contributed by atoms with Crippen LogP contribution in [0.5, 0.6) is 0 Å². The molecule has 0 saturated heterocycles. The van der Waals surface area contributed by atoms with Gasteiger partial charge in [-0.2, -0.15) is 0 Å². The molecule has 1 unspecified atom stereocenters. The van der Waals surface area contributed by atoms with Crippen LogP contribution in [0.3, 0.4) is 0 Å². The molecule has 134 valence electrons. The van der Waals surface area contributed by atoms with Crippen LogP contribution in [0.4, 0.5) is 0 Å². The number of nitrogens with zero attached hydrogens (tertiary/aromatic N) is 2. The van der Waals surface area contributed by atoms with Crippen LogP contribution in [-0.2, 0) is 0 Å². The molecule has 3 aromatic rings. The van der Waals surface area contributed by atoms with Crippen molar-refractivity contribution in [3.05, 3.63) is 72.8 Å². The highest BCUT2D eigenvalue weighted by atomic mass is 15.1. The molecular weight excluding hydrogens is 318 g/mol. The Morgan fingerprint density at radius 2 is 2.08 bits per heavy atom. The smallest absolute Gasteiger partial charge is 0.141 e.